The van der Waals surface area contributed by atoms with Gasteiger partial charge in [-0.3, -0.25) is 4.79 Å². The third-order valence-corrected chi connectivity index (χ3v) is 4.29. The smallest absolute Gasteiger partial charge is 0.224 e. The Balaban J connectivity index is 1.82. The maximum atomic E-state index is 11.6. The van der Waals surface area contributed by atoms with Crippen molar-refractivity contribution in [1.29, 1.82) is 0 Å². The number of carbonyl (C=O) groups is 1. The lowest BCUT2D eigenvalue weighted by atomic mass is 10.4. The number of hydrogen-bond donors (Lipinski definition) is 1. The average Bonchev–Trinajstić information content (AvgIpc) is 2.88. The molecule has 1 atom stereocenters. The largest absolute Gasteiger partial charge is 0.341 e. The SMILES string of the molecule is NS(=O)(=O)C1CC(=O)N(CCCn2ccnc2)C1. The summed E-state index contributed by atoms with van der Waals surface area (Å²) >= 11 is 0. The average molecular weight is 272 g/mol. The molecule has 0 aromatic carbocycles. The lowest BCUT2D eigenvalue weighted by Gasteiger charge is -2.16. The van der Waals surface area contributed by atoms with Crippen molar-refractivity contribution in [3.05, 3.63) is 18.7 Å². The minimum Gasteiger partial charge on any atom is -0.341 e. The highest BCUT2D eigenvalue weighted by atomic mass is 32.2. The van der Waals surface area contributed by atoms with E-state index >= 15 is 0 Å². The molecule has 1 amide bonds. The first kappa shape index (κ1) is 13.0. The van der Waals surface area contributed by atoms with E-state index in [9.17, 15) is 13.2 Å². The van der Waals surface area contributed by atoms with Crippen LogP contribution in [0.3, 0.4) is 0 Å². The van der Waals surface area contributed by atoms with E-state index < -0.39 is 15.3 Å². The van der Waals surface area contributed by atoms with Crippen molar-refractivity contribution in [1.82, 2.24) is 14.5 Å². The summed E-state index contributed by atoms with van der Waals surface area (Å²) in [5.74, 6) is -0.139. The molecule has 100 valence electrons. The van der Waals surface area contributed by atoms with Crippen LogP contribution in [0, 0.1) is 0 Å². The van der Waals surface area contributed by atoms with Crippen molar-refractivity contribution < 1.29 is 13.2 Å². The zero-order valence-corrected chi connectivity index (χ0v) is 10.7. The first-order valence-corrected chi connectivity index (χ1v) is 7.33. The van der Waals surface area contributed by atoms with E-state index in [0.29, 0.717) is 6.54 Å². The number of nitrogens with zero attached hydrogens (tertiary/aromatic N) is 3. The number of imidazole rings is 1. The molecule has 2 N–H and O–H groups in total. The zero-order chi connectivity index (χ0) is 13.2. The van der Waals surface area contributed by atoms with Crippen molar-refractivity contribution in [3.8, 4) is 0 Å². The van der Waals surface area contributed by atoms with Gasteiger partial charge in [-0.1, -0.05) is 0 Å². The van der Waals surface area contributed by atoms with Gasteiger partial charge < -0.3 is 9.47 Å². The number of amides is 1. The van der Waals surface area contributed by atoms with Crippen molar-refractivity contribution >= 4 is 15.9 Å². The fourth-order valence-electron chi connectivity index (χ4n) is 2.04. The number of hydrogen-bond acceptors (Lipinski definition) is 4. The number of likely N-dealkylation sites (tertiary alicyclic amines) is 1. The van der Waals surface area contributed by atoms with Gasteiger partial charge >= 0.3 is 0 Å². The van der Waals surface area contributed by atoms with Crippen LogP contribution in [0.25, 0.3) is 0 Å². The van der Waals surface area contributed by atoms with Crippen LogP contribution in [-0.2, 0) is 21.4 Å². The Morgan fingerprint density at radius 2 is 2.22 bits per heavy atom. The van der Waals surface area contributed by atoms with Crippen molar-refractivity contribution in [2.24, 2.45) is 5.14 Å². The maximum absolute atomic E-state index is 11.6. The van der Waals surface area contributed by atoms with Crippen molar-refractivity contribution in [3.63, 3.8) is 0 Å². The van der Waals surface area contributed by atoms with Crippen LogP contribution in [0.2, 0.25) is 0 Å². The van der Waals surface area contributed by atoms with Gasteiger partial charge in [-0.15, -0.1) is 0 Å². The first-order chi connectivity index (χ1) is 8.47. The Bertz CT molecular complexity index is 511. The molecule has 1 saturated heterocycles. The summed E-state index contributed by atoms with van der Waals surface area (Å²) in [6.45, 7) is 1.51. The van der Waals surface area contributed by atoms with Gasteiger partial charge in [0.15, 0.2) is 0 Å². The molecule has 2 heterocycles. The summed E-state index contributed by atoms with van der Waals surface area (Å²) in [7, 11) is -3.61. The number of aromatic nitrogens is 2. The van der Waals surface area contributed by atoms with Gasteiger partial charge in [0.05, 0.1) is 6.33 Å². The van der Waals surface area contributed by atoms with E-state index in [1.807, 2.05) is 10.8 Å². The van der Waals surface area contributed by atoms with Crippen LogP contribution in [-0.4, -0.2) is 47.1 Å². The third-order valence-electron chi connectivity index (χ3n) is 3.05. The fraction of sp³-hybridized carbons (Fsp3) is 0.600. The fourth-order valence-corrected chi connectivity index (χ4v) is 2.80. The number of nitrogens with two attached hydrogens (primary N) is 1. The number of carbonyl (C=O) groups excluding carboxylic acids is 1. The van der Waals surface area contributed by atoms with E-state index in [2.05, 4.69) is 4.98 Å². The first-order valence-electron chi connectivity index (χ1n) is 5.72. The molecular formula is C10H16N4O3S. The molecule has 1 fully saturated rings. The van der Waals surface area contributed by atoms with Crippen molar-refractivity contribution in [2.45, 2.75) is 24.6 Å². The number of primary sulfonamides is 1. The van der Waals surface area contributed by atoms with Gasteiger partial charge in [0.2, 0.25) is 15.9 Å². The molecule has 0 saturated carbocycles. The summed E-state index contributed by atoms with van der Waals surface area (Å²) < 4.78 is 24.3. The maximum Gasteiger partial charge on any atom is 0.224 e. The van der Waals surface area contributed by atoms with Crippen LogP contribution in [0.1, 0.15) is 12.8 Å². The molecule has 0 aliphatic carbocycles. The van der Waals surface area contributed by atoms with E-state index in [0.717, 1.165) is 13.0 Å². The highest BCUT2D eigenvalue weighted by Gasteiger charge is 2.35. The normalized spacial score (nSPS) is 20.6. The molecule has 18 heavy (non-hydrogen) atoms. The molecule has 1 unspecified atom stereocenters. The minimum atomic E-state index is -3.61. The molecule has 1 aliphatic heterocycles. The number of rotatable bonds is 5. The molecule has 1 aromatic rings. The van der Waals surface area contributed by atoms with Gasteiger partial charge in [0.1, 0.15) is 5.25 Å². The van der Waals surface area contributed by atoms with E-state index in [1.54, 1.807) is 17.4 Å². The summed E-state index contributed by atoms with van der Waals surface area (Å²) in [4.78, 5) is 17.1. The van der Waals surface area contributed by atoms with Gasteiger partial charge in [0.25, 0.3) is 0 Å². The molecule has 0 bridgehead atoms. The molecule has 0 radical (unpaired) electrons. The third kappa shape index (κ3) is 3.08. The second-order valence-electron chi connectivity index (χ2n) is 4.41. The Hall–Kier alpha value is -1.41. The monoisotopic (exact) mass is 272 g/mol. The van der Waals surface area contributed by atoms with Crippen LogP contribution in [0.15, 0.2) is 18.7 Å². The molecular weight excluding hydrogens is 256 g/mol. The van der Waals surface area contributed by atoms with Crippen molar-refractivity contribution in [2.75, 3.05) is 13.1 Å². The summed E-state index contributed by atoms with van der Waals surface area (Å²) in [6.07, 6.45) is 6.01. The van der Waals surface area contributed by atoms with E-state index in [4.69, 9.17) is 5.14 Å². The molecule has 2 rings (SSSR count). The molecule has 1 aromatic heterocycles. The Labute approximate surface area is 106 Å². The van der Waals surface area contributed by atoms with Gasteiger partial charge in [-0.05, 0) is 6.42 Å². The topological polar surface area (TPSA) is 98.3 Å². The van der Waals surface area contributed by atoms with Gasteiger partial charge in [0, 0.05) is 38.4 Å². The molecule has 8 heteroatoms. The zero-order valence-electron chi connectivity index (χ0n) is 9.90. The predicted octanol–water partition coefficient (Wildman–Crippen LogP) is -0.837. The standard InChI is InChI=1S/C10H16N4O3S/c11-18(16,17)9-6-10(15)14(7-9)4-1-3-13-5-2-12-8-13/h2,5,8-9H,1,3-4,6-7H2,(H2,11,16,17). The minimum absolute atomic E-state index is 0.00388. The number of aryl methyl sites for hydroxylation is 1. The lowest BCUT2D eigenvalue weighted by Crippen LogP contribution is -2.32. The lowest BCUT2D eigenvalue weighted by molar-refractivity contribution is -0.127. The highest BCUT2D eigenvalue weighted by molar-refractivity contribution is 7.89. The quantitative estimate of drug-likeness (QED) is 0.755. The number of sulfonamides is 1. The van der Waals surface area contributed by atoms with Crippen LogP contribution in [0.5, 0.6) is 0 Å². The van der Waals surface area contributed by atoms with Crippen LogP contribution >= 0.6 is 0 Å². The molecule has 7 nitrogen and oxygen atoms in total. The summed E-state index contributed by atoms with van der Waals surface area (Å²) in [5.41, 5.74) is 0. The Morgan fingerprint density at radius 1 is 1.44 bits per heavy atom. The second kappa shape index (κ2) is 5.07. The van der Waals surface area contributed by atoms with Gasteiger partial charge in [-0.25, -0.2) is 18.5 Å². The van der Waals surface area contributed by atoms with Gasteiger partial charge in [-0.2, -0.15) is 0 Å². The molecule has 0 spiro atoms. The highest BCUT2D eigenvalue weighted by Crippen LogP contribution is 2.16. The second-order valence-corrected chi connectivity index (χ2v) is 6.25. The summed E-state index contributed by atoms with van der Waals surface area (Å²) in [6, 6.07) is 0. The van der Waals surface area contributed by atoms with E-state index in [-0.39, 0.29) is 18.9 Å². The van der Waals surface area contributed by atoms with E-state index in [1.165, 1.54) is 0 Å². The summed E-state index contributed by atoms with van der Waals surface area (Å²) in [5, 5.41) is 4.30. The van der Waals surface area contributed by atoms with Crippen LogP contribution < -0.4 is 5.14 Å². The van der Waals surface area contributed by atoms with Crippen LogP contribution in [0.4, 0.5) is 0 Å². The Kier molecular flexibility index (Phi) is 3.67. The Morgan fingerprint density at radius 3 is 2.78 bits per heavy atom. The molecule has 1 aliphatic rings. The predicted molar refractivity (Wildman–Crippen MR) is 64.9 cm³/mol.